The van der Waals surface area contributed by atoms with Crippen molar-refractivity contribution in [2.75, 3.05) is 55.7 Å². The quantitative estimate of drug-likeness (QED) is 0.433. The number of halogens is 1. The van der Waals surface area contributed by atoms with Crippen molar-refractivity contribution in [3.8, 4) is 12.1 Å². The molecule has 6 rings (SSSR count). The third kappa shape index (κ3) is 5.47. The number of aromatic nitrogens is 2. The predicted octanol–water partition coefficient (Wildman–Crippen LogP) is 4.21. The summed E-state index contributed by atoms with van der Waals surface area (Å²) in [4.78, 5) is 31.4. The van der Waals surface area contributed by atoms with Crippen molar-refractivity contribution < 1.29 is 9.53 Å². The summed E-state index contributed by atoms with van der Waals surface area (Å²) in [5.41, 5.74) is 3.14. The van der Waals surface area contributed by atoms with Crippen LogP contribution in [0, 0.1) is 11.3 Å². The molecule has 41 heavy (non-hydrogen) atoms. The highest BCUT2D eigenvalue weighted by Gasteiger charge is 2.44. The monoisotopic (exact) mass is 575 g/mol. The maximum atomic E-state index is 12.5. The van der Waals surface area contributed by atoms with E-state index in [0.29, 0.717) is 38.8 Å². The van der Waals surface area contributed by atoms with Gasteiger partial charge in [-0.2, -0.15) is 15.2 Å². The molecule has 2 aromatic rings. The van der Waals surface area contributed by atoms with Crippen LogP contribution in [0.4, 0.5) is 11.5 Å². The summed E-state index contributed by atoms with van der Waals surface area (Å²) < 4.78 is 6.47. The van der Waals surface area contributed by atoms with E-state index in [0.717, 1.165) is 66.7 Å². The number of likely N-dealkylation sites (tertiary alicyclic amines) is 1. The van der Waals surface area contributed by atoms with Gasteiger partial charge in [0.1, 0.15) is 12.4 Å². The number of nitriles is 1. The maximum absolute atomic E-state index is 12.5. The summed E-state index contributed by atoms with van der Waals surface area (Å²) in [7, 11) is 0. The molecule has 4 aliphatic rings. The Kier molecular flexibility index (Phi) is 8.05. The number of rotatable bonds is 8. The second kappa shape index (κ2) is 11.9. The number of fused-ring (bicyclic) bond motifs is 1. The lowest BCUT2D eigenvalue weighted by Crippen LogP contribution is -2.56. The van der Waals surface area contributed by atoms with Crippen molar-refractivity contribution in [3.05, 3.63) is 53.2 Å². The van der Waals surface area contributed by atoms with Crippen LogP contribution in [0.2, 0.25) is 5.02 Å². The van der Waals surface area contributed by atoms with Gasteiger partial charge in [0, 0.05) is 31.7 Å². The number of carbonyl (C=O) groups excluding carboxylic acids is 1. The predicted molar refractivity (Wildman–Crippen MR) is 159 cm³/mol. The minimum Gasteiger partial charge on any atom is -0.461 e. The lowest BCUT2D eigenvalue weighted by Gasteiger charge is -2.48. The summed E-state index contributed by atoms with van der Waals surface area (Å²) in [6.07, 6.45) is 8.40. The molecule has 0 spiro atoms. The minimum absolute atomic E-state index is 0.0914. The minimum atomic E-state index is -0.231. The number of anilines is 2. The molecule has 0 bridgehead atoms. The van der Waals surface area contributed by atoms with E-state index in [1.807, 2.05) is 24.3 Å². The van der Waals surface area contributed by atoms with Crippen LogP contribution in [0.3, 0.4) is 0 Å². The lowest BCUT2D eigenvalue weighted by molar-refractivity contribution is -0.128. The van der Waals surface area contributed by atoms with Gasteiger partial charge in [-0.15, -0.1) is 0 Å². The molecule has 0 radical (unpaired) electrons. The molecule has 9 nitrogen and oxygen atoms in total. The number of ether oxygens (including phenoxy) is 1. The van der Waals surface area contributed by atoms with Gasteiger partial charge in [0.05, 0.1) is 47.0 Å². The Balaban J connectivity index is 1.30. The molecular formula is C31H38ClN7O2. The first-order valence-corrected chi connectivity index (χ1v) is 15.2. The smallest absolute Gasteiger partial charge is 0.318 e. The molecule has 1 aromatic heterocycles. The van der Waals surface area contributed by atoms with E-state index in [9.17, 15) is 10.1 Å². The Hall–Kier alpha value is -3.35. The second-order valence-corrected chi connectivity index (χ2v) is 12.0. The number of hydrogen-bond acceptors (Lipinski definition) is 8. The van der Waals surface area contributed by atoms with E-state index in [2.05, 4.69) is 27.3 Å². The van der Waals surface area contributed by atoms with E-state index in [1.165, 1.54) is 25.3 Å². The van der Waals surface area contributed by atoms with Crippen molar-refractivity contribution in [1.82, 2.24) is 19.8 Å². The van der Waals surface area contributed by atoms with Crippen molar-refractivity contribution in [2.24, 2.45) is 0 Å². The van der Waals surface area contributed by atoms with Crippen LogP contribution < -0.4 is 14.5 Å². The molecule has 3 aliphatic heterocycles. The Morgan fingerprint density at radius 3 is 2.63 bits per heavy atom. The molecular weight excluding hydrogens is 538 g/mol. The van der Waals surface area contributed by atoms with Gasteiger partial charge in [-0.3, -0.25) is 9.69 Å². The number of benzene rings is 1. The molecule has 10 heteroatoms. The molecule has 1 amide bonds. The summed E-state index contributed by atoms with van der Waals surface area (Å²) in [5, 5.41) is 10.2. The molecule has 2 saturated heterocycles. The fraction of sp³-hybridized carbons (Fsp3) is 0.548. The Morgan fingerprint density at radius 1 is 1.12 bits per heavy atom. The molecule has 0 unspecified atom stereocenters. The SMILES string of the molecule is C=CC(=O)N1CCN(c2nc(OCC3(N4CCCC4)CCC3)nc3c2CCN(c2ccccc2Cl)C3)C[C@@H]1CC#N. The summed E-state index contributed by atoms with van der Waals surface area (Å²) in [6, 6.07) is 10.4. The van der Waals surface area contributed by atoms with Gasteiger partial charge in [0.2, 0.25) is 5.91 Å². The molecule has 0 N–H and O–H groups in total. The van der Waals surface area contributed by atoms with Crippen LogP contribution in [-0.2, 0) is 17.8 Å². The van der Waals surface area contributed by atoms with Crippen molar-refractivity contribution in [1.29, 1.82) is 5.26 Å². The molecule has 1 atom stereocenters. The zero-order chi connectivity index (χ0) is 28.4. The number of amides is 1. The highest BCUT2D eigenvalue weighted by molar-refractivity contribution is 6.33. The van der Waals surface area contributed by atoms with E-state index < -0.39 is 0 Å². The Bertz CT molecular complexity index is 1330. The lowest BCUT2D eigenvalue weighted by atomic mass is 9.76. The third-order valence-corrected chi connectivity index (χ3v) is 9.63. The van der Waals surface area contributed by atoms with Gasteiger partial charge in [-0.1, -0.05) is 30.3 Å². The normalized spacial score (nSPS) is 22.0. The van der Waals surface area contributed by atoms with Gasteiger partial charge < -0.3 is 19.4 Å². The summed E-state index contributed by atoms with van der Waals surface area (Å²) >= 11 is 6.57. The standard InChI is InChI=1S/C31H38ClN7O2/c1-2-28(40)39-19-18-37(20-23(39)10-14-33)29-24-11-17-36(27-9-4-3-8-25(27)32)21-26(24)34-30(35-29)41-22-31(12-7-13-31)38-15-5-6-16-38/h2-4,8-9,23H,1,5-7,10-13,15-22H2/t23-/m0/s1. The number of hydrogen-bond donors (Lipinski definition) is 0. The van der Waals surface area contributed by atoms with E-state index in [-0.39, 0.29) is 23.9 Å². The molecule has 1 saturated carbocycles. The van der Waals surface area contributed by atoms with Crippen LogP contribution in [-0.4, -0.2) is 83.1 Å². The fourth-order valence-electron chi connectivity index (χ4n) is 6.89. The van der Waals surface area contributed by atoms with Crippen molar-refractivity contribution in [2.45, 2.75) is 63.1 Å². The van der Waals surface area contributed by atoms with Crippen LogP contribution in [0.5, 0.6) is 6.01 Å². The van der Waals surface area contributed by atoms with Gasteiger partial charge in [0.15, 0.2) is 0 Å². The topological polar surface area (TPSA) is 88.8 Å². The molecule has 1 aliphatic carbocycles. The summed E-state index contributed by atoms with van der Waals surface area (Å²) in [6.45, 7) is 9.59. The van der Waals surface area contributed by atoms with E-state index in [1.54, 1.807) is 4.90 Å². The average molecular weight is 576 g/mol. The van der Waals surface area contributed by atoms with E-state index in [4.69, 9.17) is 26.3 Å². The van der Waals surface area contributed by atoms with E-state index >= 15 is 0 Å². The van der Waals surface area contributed by atoms with Crippen molar-refractivity contribution >= 4 is 29.0 Å². The van der Waals surface area contributed by atoms with Gasteiger partial charge in [0.25, 0.3) is 0 Å². The van der Waals surface area contributed by atoms with Crippen molar-refractivity contribution in [3.63, 3.8) is 0 Å². The number of carbonyl (C=O) groups is 1. The van der Waals surface area contributed by atoms with Gasteiger partial charge >= 0.3 is 6.01 Å². The maximum Gasteiger partial charge on any atom is 0.318 e. The van der Waals surface area contributed by atoms with Crippen LogP contribution >= 0.6 is 11.6 Å². The third-order valence-electron chi connectivity index (χ3n) is 9.31. The highest BCUT2D eigenvalue weighted by Crippen LogP contribution is 2.40. The number of para-hydroxylation sites is 1. The molecule has 4 heterocycles. The number of nitrogens with zero attached hydrogens (tertiary/aromatic N) is 7. The highest BCUT2D eigenvalue weighted by atomic mass is 35.5. The van der Waals surface area contributed by atoms with Crippen LogP contribution in [0.25, 0.3) is 0 Å². The zero-order valence-electron chi connectivity index (χ0n) is 23.6. The molecule has 1 aromatic carbocycles. The Morgan fingerprint density at radius 2 is 1.93 bits per heavy atom. The van der Waals surface area contributed by atoms with Gasteiger partial charge in [-0.05, 0) is 69.8 Å². The first kappa shape index (κ1) is 27.8. The molecule has 3 fully saturated rings. The number of piperazine rings is 1. The zero-order valence-corrected chi connectivity index (χ0v) is 24.4. The van der Waals surface area contributed by atoms with Crippen LogP contribution in [0.1, 0.15) is 49.8 Å². The van der Waals surface area contributed by atoms with Crippen LogP contribution in [0.15, 0.2) is 36.9 Å². The fourth-order valence-corrected chi connectivity index (χ4v) is 7.15. The largest absolute Gasteiger partial charge is 0.461 e. The Labute approximate surface area is 247 Å². The summed E-state index contributed by atoms with van der Waals surface area (Å²) in [5.74, 6) is 0.725. The average Bonchev–Trinajstić information content (AvgIpc) is 3.51. The van der Waals surface area contributed by atoms with Gasteiger partial charge in [-0.25, -0.2) is 0 Å². The first-order valence-electron chi connectivity index (χ1n) is 14.8. The molecule has 216 valence electrons. The second-order valence-electron chi connectivity index (χ2n) is 11.6. The first-order chi connectivity index (χ1) is 20.0.